The number of carbonyl (C=O) groups is 2. The molecule has 0 aliphatic carbocycles. The fraction of sp³-hybridized carbons (Fsp3) is 0.111. The molecule has 15 heavy (non-hydrogen) atoms. The monoisotopic (exact) mass is 227 g/mol. The predicted molar refractivity (Wildman–Crippen MR) is 53.4 cm³/mol. The van der Waals surface area contributed by atoms with Crippen molar-refractivity contribution in [2.45, 2.75) is 6.92 Å². The zero-order chi connectivity index (χ0) is 11.6. The lowest BCUT2D eigenvalue weighted by molar-refractivity contribution is -0.385. The van der Waals surface area contributed by atoms with Crippen LogP contribution in [0.15, 0.2) is 12.1 Å². The summed E-state index contributed by atoms with van der Waals surface area (Å²) in [5.74, 6) is 0. The van der Waals surface area contributed by atoms with E-state index in [0.29, 0.717) is 6.29 Å². The molecule has 0 aliphatic heterocycles. The standard InChI is InChI=1S/C9H6ClNO4/c1-5-2-6(9(10)13)3-7(4-12)8(5)11(14)15/h2-4H,1H3. The molecular formula is C9H6ClNO4. The average Bonchev–Trinajstić information content (AvgIpc) is 2.15. The predicted octanol–water partition coefficient (Wildman–Crippen LogP) is 2.09. The lowest BCUT2D eigenvalue weighted by Crippen LogP contribution is -2.01. The second kappa shape index (κ2) is 4.18. The number of hydrogen-bond acceptors (Lipinski definition) is 4. The van der Waals surface area contributed by atoms with Crippen LogP contribution in [0.4, 0.5) is 5.69 Å². The third kappa shape index (κ3) is 2.19. The van der Waals surface area contributed by atoms with Gasteiger partial charge in [0.2, 0.25) is 0 Å². The van der Waals surface area contributed by atoms with Crippen LogP contribution in [0.25, 0.3) is 0 Å². The zero-order valence-electron chi connectivity index (χ0n) is 7.69. The van der Waals surface area contributed by atoms with Gasteiger partial charge in [-0.25, -0.2) is 0 Å². The van der Waals surface area contributed by atoms with Gasteiger partial charge in [0.15, 0.2) is 6.29 Å². The van der Waals surface area contributed by atoms with Crippen LogP contribution in [-0.4, -0.2) is 16.5 Å². The van der Waals surface area contributed by atoms with Crippen molar-refractivity contribution < 1.29 is 14.5 Å². The van der Waals surface area contributed by atoms with Gasteiger partial charge in [0.05, 0.1) is 10.5 Å². The van der Waals surface area contributed by atoms with Crippen molar-refractivity contribution in [3.63, 3.8) is 0 Å². The number of aldehydes is 1. The summed E-state index contributed by atoms with van der Waals surface area (Å²) >= 11 is 5.21. The molecule has 0 amide bonds. The highest BCUT2D eigenvalue weighted by Crippen LogP contribution is 2.24. The quantitative estimate of drug-likeness (QED) is 0.343. The summed E-state index contributed by atoms with van der Waals surface area (Å²) in [6.07, 6.45) is 0.328. The third-order valence-electron chi connectivity index (χ3n) is 1.87. The molecule has 1 rings (SSSR count). The first-order valence-electron chi connectivity index (χ1n) is 3.91. The number of aryl methyl sites for hydroxylation is 1. The van der Waals surface area contributed by atoms with Gasteiger partial charge in [-0.15, -0.1) is 0 Å². The number of nitro benzene ring substituents is 1. The minimum Gasteiger partial charge on any atom is -0.298 e. The Morgan fingerprint density at radius 3 is 2.53 bits per heavy atom. The Kier molecular flexibility index (Phi) is 3.16. The van der Waals surface area contributed by atoms with Crippen molar-refractivity contribution in [2.24, 2.45) is 0 Å². The Hall–Kier alpha value is -1.75. The number of nitrogens with zero attached hydrogens (tertiary/aromatic N) is 1. The van der Waals surface area contributed by atoms with E-state index in [2.05, 4.69) is 0 Å². The fourth-order valence-electron chi connectivity index (χ4n) is 1.26. The summed E-state index contributed by atoms with van der Waals surface area (Å²) in [5, 5.41) is 9.86. The van der Waals surface area contributed by atoms with E-state index in [0.717, 1.165) is 6.07 Å². The molecule has 0 N–H and O–H groups in total. The van der Waals surface area contributed by atoms with Crippen LogP contribution < -0.4 is 0 Å². The van der Waals surface area contributed by atoms with E-state index in [4.69, 9.17) is 11.6 Å². The number of halogens is 1. The van der Waals surface area contributed by atoms with Crippen molar-refractivity contribution in [1.29, 1.82) is 0 Å². The van der Waals surface area contributed by atoms with Crippen molar-refractivity contribution >= 4 is 28.8 Å². The van der Waals surface area contributed by atoms with Gasteiger partial charge in [-0.05, 0) is 30.7 Å². The summed E-state index contributed by atoms with van der Waals surface area (Å²) in [6.45, 7) is 1.44. The van der Waals surface area contributed by atoms with Gasteiger partial charge in [0.25, 0.3) is 10.9 Å². The maximum absolute atomic E-state index is 10.8. The molecule has 0 radical (unpaired) electrons. The maximum Gasteiger partial charge on any atom is 0.282 e. The van der Waals surface area contributed by atoms with Crippen LogP contribution in [0.5, 0.6) is 0 Å². The van der Waals surface area contributed by atoms with Gasteiger partial charge < -0.3 is 0 Å². The molecular weight excluding hydrogens is 222 g/mol. The third-order valence-corrected chi connectivity index (χ3v) is 2.08. The smallest absolute Gasteiger partial charge is 0.282 e. The number of nitro groups is 1. The maximum atomic E-state index is 10.8. The molecule has 0 heterocycles. The van der Waals surface area contributed by atoms with Gasteiger partial charge in [0.1, 0.15) is 0 Å². The van der Waals surface area contributed by atoms with Gasteiger partial charge in [0, 0.05) is 11.1 Å². The zero-order valence-corrected chi connectivity index (χ0v) is 8.45. The normalized spacial score (nSPS) is 9.73. The van der Waals surface area contributed by atoms with Crippen molar-refractivity contribution in [3.05, 3.63) is 38.9 Å². The molecule has 78 valence electrons. The SMILES string of the molecule is Cc1cc(C(=O)Cl)cc(C=O)c1[N+](=O)[O-]. The van der Waals surface area contributed by atoms with Gasteiger partial charge >= 0.3 is 0 Å². The highest BCUT2D eigenvalue weighted by atomic mass is 35.5. The Balaban J connectivity index is 3.50. The molecule has 1 aromatic carbocycles. The topological polar surface area (TPSA) is 77.3 Å². The number of carbonyl (C=O) groups excluding carboxylic acids is 2. The fourth-order valence-corrected chi connectivity index (χ4v) is 1.37. The Labute approximate surface area is 89.8 Å². The van der Waals surface area contributed by atoms with E-state index in [1.54, 1.807) is 0 Å². The summed E-state index contributed by atoms with van der Waals surface area (Å²) < 4.78 is 0. The molecule has 0 aliphatic rings. The molecule has 0 spiro atoms. The van der Waals surface area contributed by atoms with Gasteiger partial charge in [-0.2, -0.15) is 0 Å². The van der Waals surface area contributed by atoms with Gasteiger partial charge in [-0.3, -0.25) is 19.7 Å². The van der Waals surface area contributed by atoms with E-state index in [9.17, 15) is 19.7 Å². The first-order chi connectivity index (χ1) is 6.97. The lowest BCUT2D eigenvalue weighted by Gasteiger charge is -2.02. The van der Waals surface area contributed by atoms with Crippen LogP contribution in [0.3, 0.4) is 0 Å². The van der Waals surface area contributed by atoms with Crippen LogP contribution in [0.1, 0.15) is 26.3 Å². The summed E-state index contributed by atoms with van der Waals surface area (Å²) in [6, 6.07) is 2.38. The van der Waals surface area contributed by atoms with E-state index in [1.807, 2.05) is 0 Å². The van der Waals surface area contributed by atoms with Crippen molar-refractivity contribution in [3.8, 4) is 0 Å². The summed E-state index contributed by atoms with van der Waals surface area (Å²) in [4.78, 5) is 31.4. The molecule has 6 heteroatoms. The minimum atomic E-state index is -0.754. The van der Waals surface area contributed by atoms with Gasteiger partial charge in [-0.1, -0.05) is 0 Å². The van der Waals surface area contributed by atoms with Crippen LogP contribution in [0.2, 0.25) is 0 Å². The highest BCUT2D eigenvalue weighted by Gasteiger charge is 2.19. The van der Waals surface area contributed by atoms with Crippen LogP contribution in [-0.2, 0) is 0 Å². The first-order valence-corrected chi connectivity index (χ1v) is 4.29. The van der Waals surface area contributed by atoms with Crippen LogP contribution >= 0.6 is 11.6 Å². The van der Waals surface area contributed by atoms with E-state index >= 15 is 0 Å². The van der Waals surface area contributed by atoms with E-state index in [1.165, 1.54) is 13.0 Å². The number of hydrogen-bond donors (Lipinski definition) is 0. The number of benzene rings is 1. The molecule has 5 nitrogen and oxygen atoms in total. The Morgan fingerprint density at radius 1 is 1.53 bits per heavy atom. The van der Waals surface area contributed by atoms with Crippen molar-refractivity contribution in [1.82, 2.24) is 0 Å². The highest BCUT2D eigenvalue weighted by molar-refractivity contribution is 6.67. The second-order valence-corrected chi connectivity index (χ2v) is 3.22. The largest absolute Gasteiger partial charge is 0.298 e. The molecule has 0 aromatic heterocycles. The number of rotatable bonds is 3. The van der Waals surface area contributed by atoms with Crippen LogP contribution in [0, 0.1) is 17.0 Å². The minimum absolute atomic E-state index is 0.0712. The second-order valence-electron chi connectivity index (χ2n) is 2.88. The first kappa shape index (κ1) is 11.3. The lowest BCUT2D eigenvalue weighted by atomic mass is 10.1. The Morgan fingerprint density at radius 2 is 2.13 bits per heavy atom. The molecule has 0 saturated heterocycles. The molecule has 0 unspecified atom stereocenters. The molecule has 0 atom stereocenters. The Bertz CT molecular complexity index is 456. The van der Waals surface area contributed by atoms with E-state index < -0.39 is 10.2 Å². The van der Waals surface area contributed by atoms with Crippen molar-refractivity contribution in [2.75, 3.05) is 0 Å². The average molecular weight is 228 g/mol. The molecule has 0 fully saturated rings. The molecule has 0 bridgehead atoms. The van der Waals surface area contributed by atoms with E-state index in [-0.39, 0.29) is 22.4 Å². The summed E-state index contributed by atoms with van der Waals surface area (Å²) in [7, 11) is 0. The molecule has 0 saturated carbocycles. The summed E-state index contributed by atoms with van der Waals surface area (Å²) in [5.41, 5.74) is -0.147. The molecule has 1 aromatic rings.